The lowest BCUT2D eigenvalue weighted by molar-refractivity contribution is -0.140. The van der Waals surface area contributed by atoms with Crippen molar-refractivity contribution in [3.8, 4) is 0 Å². The second kappa shape index (κ2) is 4.83. The summed E-state index contributed by atoms with van der Waals surface area (Å²) >= 11 is 0. The Morgan fingerprint density at radius 3 is 2.50 bits per heavy atom. The van der Waals surface area contributed by atoms with Gasteiger partial charge < -0.3 is 14.4 Å². The Kier molecular flexibility index (Phi) is 3.71. The lowest BCUT2D eigenvalue weighted by atomic mass is 10.2. The highest BCUT2D eigenvalue weighted by atomic mass is 16.5. The van der Waals surface area contributed by atoms with Gasteiger partial charge in [0.05, 0.1) is 19.1 Å². The first-order valence-corrected chi connectivity index (χ1v) is 4.94. The molecular weight excluding hydrogens is 210 g/mol. The summed E-state index contributed by atoms with van der Waals surface area (Å²) in [5, 5.41) is 8.92. The highest BCUT2D eigenvalue weighted by Gasteiger charge is 2.14. The molecule has 1 heterocycles. The zero-order valence-electron chi connectivity index (χ0n) is 9.61. The number of carboxylic acids is 1. The van der Waals surface area contributed by atoms with Gasteiger partial charge in [-0.1, -0.05) is 0 Å². The van der Waals surface area contributed by atoms with Crippen molar-refractivity contribution >= 4 is 11.9 Å². The van der Waals surface area contributed by atoms with Crippen molar-refractivity contribution in [2.24, 2.45) is 0 Å². The molecule has 5 nitrogen and oxygen atoms in total. The Bertz CT molecular complexity index is 420. The smallest absolute Gasteiger partial charge is 0.337 e. The predicted molar refractivity (Wildman–Crippen MR) is 57.5 cm³/mol. The zero-order chi connectivity index (χ0) is 12.3. The predicted octanol–water partition coefficient (Wildman–Crippen LogP) is 1.37. The molecule has 0 unspecified atom stereocenters. The van der Waals surface area contributed by atoms with Gasteiger partial charge in [0.15, 0.2) is 0 Å². The van der Waals surface area contributed by atoms with Crippen LogP contribution in [0.1, 0.15) is 28.2 Å². The normalized spacial score (nSPS) is 10.2. The number of aromatic nitrogens is 1. The molecule has 1 N–H and O–H groups in total. The van der Waals surface area contributed by atoms with E-state index in [1.54, 1.807) is 17.6 Å². The van der Waals surface area contributed by atoms with Crippen molar-refractivity contribution in [3.63, 3.8) is 0 Å². The fourth-order valence-electron chi connectivity index (χ4n) is 1.67. The fourth-order valence-corrected chi connectivity index (χ4v) is 1.67. The molecule has 1 aromatic heterocycles. The maximum absolute atomic E-state index is 11.0. The average Bonchev–Trinajstić information content (AvgIpc) is 2.51. The van der Waals surface area contributed by atoms with E-state index in [0.717, 1.165) is 5.69 Å². The summed E-state index contributed by atoms with van der Waals surface area (Å²) in [4.78, 5) is 21.9. The van der Waals surface area contributed by atoms with Gasteiger partial charge in [0.25, 0.3) is 0 Å². The van der Waals surface area contributed by atoms with Gasteiger partial charge in [0.2, 0.25) is 0 Å². The third kappa shape index (κ3) is 2.42. The van der Waals surface area contributed by atoms with E-state index in [4.69, 9.17) is 5.11 Å². The molecule has 0 spiro atoms. The molecule has 1 aromatic rings. The summed E-state index contributed by atoms with van der Waals surface area (Å²) in [5.74, 6) is -1.25. The molecule has 0 fully saturated rings. The van der Waals surface area contributed by atoms with Crippen LogP contribution in [0.4, 0.5) is 0 Å². The van der Waals surface area contributed by atoms with Crippen molar-refractivity contribution in [2.45, 2.75) is 26.8 Å². The van der Waals surface area contributed by atoms with Crippen LogP contribution >= 0.6 is 0 Å². The highest BCUT2D eigenvalue weighted by molar-refractivity contribution is 5.89. The first-order chi connectivity index (χ1) is 7.47. The maximum Gasteiger partial charge on any atom is 0.337 e. The van der Waals surface area contributed by atoms with E-state index in [9.17, 15) is 9.59 Å². The number of carboxylic acid groups (broad SMARTS) is 1. The van der Waals surface area contributed by atoms with Crippen LogP contribution in [0.25, 0.3) is 0 Å². The first-order valence-electron chi connectivity index (χ1n) is 4.94. The van der Waals surface area contributed by atoms with E-state index in [2.05, 4.69) is 4.74 Å². The van der Waals surface area contributed by atoms with Gasteiger partial charge in [-0.15, -0.1) is 0 Å². The van der Waals surface area contributed by atoms with Gasteiger partial charge in [-0.2, -0.15) is 0 Å². The minimum absolute atomic E-state index is 0.242. The van der Waals surface area contributed by atoms with Crippen LogP contribution in [-0.4, -0.2) is 28.7 Å². The number of nitrogens with zero attached hydrogens (tertiary/aromatic N) is 1. The molecule has 0 aromatic carbocycles. The molecular formula is C11H15NO4. The Balaban J connectivity index is 2.88. The lowest BCUT2D eigenvalue weighted by Gasteiger charge is -2.08. The molecule has 0 aliphatic rings. The van der Waals surface area contributed by atoms with Crippen molar-refractivity contribution in [1.29, 1.82) is 0 Å². The number of methoxy groups -OCH3 is 1. The lowest BCUT2D eigenvalue weighted by Crippen LogP contribution is -2.10. The molecule has 0 saturated carbocycles. The summed E-state index contributed by atoms with van der Waals surface area (Å²) in [6, 6.07) is 1.61. The molecule has 0 bridgehead atoms. The number of rotatable bonds is 4. The number of aromatic carboxylic acids is 1. The Hall–Kier alpha value is -1.78. The van der Waals surface area contributed by atoms with Crippen LogP contribution in [-0.2, 0) is 16.1 Å². The average molecular weight is 225 g/mol. The standard InChI is InChI=1S/C11H15NO4/c1-7-6-9(11(14)15)8(2)12(7)5-4-10(13)16-3/h6H,4-5H2,1-3H3,(H,14,15). The van der Waals surface area contributed by atoms with E-state index in [1.807, 2.05) is 6.92 Å². The van der Waals surface area contributed by atoms with Gasteiger partial charge in [-0.05, 0) is 19.9 Å². The van der Waals surface area contributed by atoms with Gasteiger partial charge in [-0.25, -0.2) is 4.79 Å². The van der Waals surface area contributed by atoms with Gasteiger partial charge in [-0.3, -0.25) is 4.79 Å². The van der Waals surface area contributed by atoms with Crippen molar-refractivity contribution < 1.29 is 19.4 Å². The monoisotopic (exact) mass is 225 g/mol. The third-order valence-corrected chi connectivity index (χ3v) is 2.57. The van der Waals surface area contributed by atoms with E-state index < -0.39 is 5.97 Å². The van der Waals surface area contributed by atoms with Gasteiger partial charge in [0.1, 0.15) is 0 Å². The molecule has 1 rings (SSSR count). The number of aryl methyl sites for hydroxylation is 1. The SMILES string of the molecule is COC(=O)CCn1c(C)cc(C(=O)O)c1C. The maximum atomic E-state index is 11.0. The molecule has 0 amide bonds. The molecule has 0 atom stereocenters. The first kappa shape index (κ1) is 12.3. The second-order valence-corrected chi connectivity index (χ2v) is 3.57. The number of hydrogen-bond acceptors (Lipinski definition) is 3. The van der Waals surface area contributed by atoms with Gasteiger partial charge >= 0.3 is 11.9 Å². The topological polar surface area (TPSA) is 68.5 Å². The molecule has 88 valence electrons. The molecule has 0 aliphatic carbocycles. The van der Waals surface area contributed by atoms with Crippen LogP contribution in [0.2, 0.25) is 0 Å². The van der Waals surface area contributed by atoms with Crippen LogP contribution in [0.5, 0.6) is 0 Å². The van der Waals surface area contributed by atoms with E-state index in [0.29, 0.717) is 12.2 Å². The molecule has 0 radical (unpaired) electrons. The van der Waals surface area contributed by atoms with Crippen LogP contribution in [0.3, 0.4) is 0 Å². The second-order valence-electron chi connectivity index (χ2n) is 3.57. The van der Waals surface area contributed by atoms with Crippen LogP contribution in [0, 0.1) is 13.8 Å². The Morgan fingerprint density at radius 1 is 1.44 bits per heavy atom. The van der Waals surface area contributed by atoms with Crippen LogP contribution in [0.15, 0.2) is 6.07 Å². The molecule has 5 heteroatoms. The number of carbonyl (C=O) groups is 2. The highest BCUT2D eigenvalue weighted by Crippen LogP contribution is 2.15. The van der Waals surface area contributed by atoms with E-state index in [-0.39, 0.29) is 18.0 Å². The van der Waals surface area contributed by atoms with E-state index in [1.165, 1.54) is 7.11 Å². The summed E-state index contributed by atoms with van der Waals surface area (Å²) < 4.78 is 6.34. The molecule has 16 heavy (non-hydrogen) atoms. The largest absolute Gasteiger partial charge is 0.478 e. The summed E-state index contributed by atoms with van der Waals surface area (Å²) in [6.07, 6.45) is 0.242. The zero-order valence-corrected chi connectivity index (χ0v) is 9.61. The number of carbonyl (C=O) groups excluding carboxylic acids is 1. The Morgan fingerprint density at radius 2 is 2.06 bits per heavy atom. The fraction of sp³-hybridized carbons (Fsp3) is 0.455. The minimum Gasteiger partial charge on any atom is -0.478 e. The quantitative estimate of drug-likeness (QED) is 0.786. The third-order valence-electron chi connectivity index (χ3n) is 2.57. The van der Waals surface area contributed by atoms with Crippen molar-refractivity contribution in [3.05, 3.63) is 23.0 Å². The summed E-state index contributed by atoms with van der Waals surface area (Å²) in [6.45, 7) is 3.99. The van der Waals surface area contributed by atoms with Gasteiger partial charge in [0, 0.05) is 17.9 Å². The number of ether oxygens (including phenoxy) is 1. The van der Waals surface area contributed by atoms with Crippen molar-refractivity contribution in [1.82, 2.24) is 4.57 Å². The number of hydrogen-bond donors (Lipinski definition) is 1. The van der Waals surface area contributed by atoms with Crippen molar-refractivity contribution in [2.75, 3.05) is 7.11 Å². The number of esters is 1. The molecule has 0 aliphatic heterocycles. The van der Waals surface area contributed by atoms with Crippen LogP contribution < -0.4 is 0 Å². The van der Waals surface area contributed by atoms with E-state index >= 15 is 0 Å². The minimum atomic E-state index is -0.947. The Labute approximate surface area is 93.6 Å². The molecule has 0 saturated heterocycles. The summed E-state index contributed by atoms with van der Waals surface area (Å²) in [5.41, 5.74) is 1.77. The summed E-state index contributed by atoms with van der Waals surface area (Å²) in [7, 11) is 1.33.